The van der Waals surface area contributed by atoms with Gasteiger partial charge in [-0.2, -0.15) is 0 Å². The summed E-state index contributed by atoms with van der Waals surface area (Å²) >= 11 is 0. The second-order valence-electron chi connectivity index (χ2n) is 3.41. The summed E-state index contributed by atoms with van der Waals surface area (Å²) in [5, 5.41) is 8.70. The van der Waals surface area contributed by atoms with Crippen molar-refractivity contribution in [3.8, 4) is 0 Å². The summed E-state index contributed by atoms with van der Waals surface area (Å²) in [7, 11) is 0. The lowest BCUT2D eigenvalue weighted by Gasteiger charge is -2.00. The van der Waals surface area contributed by atoms with E-state index in [1.807, 2.05) is 24.3 Å². The van der Waals surface area contributed by atoms with Crippen LogP contribution in [0.4, 0.5) is 0 Å². The minimum Gasteiger partial charge on any atom is -0.478 e. The largest absolute Gasteiger partial charge is 0.478 e. The van der Waals surface area contributed by atoms with Crippen molar-refractivity contribution in [2.45, 2.75) is 13.3 Å². The zero-order valence-electron chi connectivity index (χ0n) is 9.14. The van der Waals surface area contributed by atoms with E-state index in [2.05, 4.69) is 0 Å². The van der Waals surface area contributed by atoms with Crippen molar-refractivity contribution in [1.82, 2.24) is 0 Å². The summed E-state index contributed by atoms with van der Waals surface area (Å²) in [4.78, 5) is 10.6. The van der Waals surface area contributed by atoms with Gasteiger partial charge >= 0.3 is 5.97 Å². The standard InChI is InChI=1S/C12H15NO2.ClH/c1-9(12(14)15)8-11-4-2-10(3-5-11)6-7-13;/h2-5,8H,6-7,13H2,1H3,(H,14,15);1H/b9-8+;. The van der Waals surface area contributed by atoms with Gasteiger partial charge in [0.1, 0.15) is 0 Å². The molecule has 0 heterocycles. The van der Waals surface area contributed by atoms with E-state index < -0.39 is 5.97 Å². The lowest BCUT2D eigenvalue weighted by Crippen LogP contribution is -2.02. The molecule has 0 aromatic heterocycles. The van der Waals surface area contributed by atoms with E-state index in [0.717, 1.165) is 12.0 Å². The third-order valence-electron chi connectivity index (χ3n) is 2.13. The molecule has 0 aliphatic rings. The van der Waals surface area contributed by atoms with Gasteiger partial charge in [-0.1, -0.05) is 24.3 Å². The van der Waals surface area contributed by atoms with Gasteiger partial charge < -0.3 is 10.8 Å². The second-order valence-corrected chi connectivity index (χ2v) is 3.41. The minimum absolute atomic E-state index is 0. The van der Waals surface area contributed by atoms with E-state index in [1.54, 1.807) is 13.0 Å². The average Bonchev–Trinajstić information content (AvgIpc) is 2.21. The molecular formula is C12H16ClNO2. The average molecular weight is 242 g/mol. The number of hydrogen-bond acceptors (Lipinski definition) is 2. The Morgan fingerprint density at radius 2 is 1.94 bits per heavy atom. The van der Waals surface area contributed by atoms with Crippen LogP contribution >= 0.6 is 12.4 Å². The summed E-state index contributed by atoms with van der Waals surface area (Å²) in [6.45, 7) is 2.21. The SMILES string of the molecule is C/C(=C\c1ccc(CCN)cc1)C(=O)O.Cl. The lowest BCUT2D eigenvalue weighted by molar-refractivity contribution is -0.132. The highest BCUT2D eigenvalue weighted by molar-refractivity contribution is 5.91. The summed E-state index contributed by atoms with van der Waals surface area (Å²) in [5.41, 5.74) is 7.83. The lowest BCUT2D eigenvalue weighted by atomic mass is 10.1. The fourth-order valence-electron chi connectivity index (χ4n) is 1.26. The predicted octanol–water partition coefficient (Wildman–Crippen LogP) is 2.10. The molecule has 1 rings (SSSR count). The smallest absolute Gasteiger partial charge is 0.331 e. The van der Waals surface area contributed by atoms with Gasteiger partial charge in [0.15, 0.2) is 0 Å². The monoisotopic (exact) mass is 241 g/mol. The van der Waals surface area contributed by atoms with E-state index in [-0.39, 0.29) is 12.4 Å². The topological polar surface area (TPSA) is 63.3 Å². The molecule has 88 valence electrons. The van der Waals surface area contributed by atoms with Gasteiger partial charge in [0, 0.05) is 5.57 Å². The summed E-state index contributed by atoms with van der Waals surface area (Å²) in [5.74, 6) is -0.888. The zero-order valence-corrected chi connectivity index (χ0v) is 9.96. The molecule has 3 nitrogen and oxygen atoms in total. The first-order chi connectivity index (χ1) is 7.13. The van der Waals surface area contributed by atoms with E-state index in [1.165, 1.54) is 5.56 Å². The Morgan fingerprint density at radius 1 is 1.38 bits per heavy atom. The van der Waals surface area contributed by atoms with Crippen molar-refractivity contribution in [3.63, 3.8) is 0 Å². The maximum Gasteiger partial charge on any atom is 0.331 e. The molecule has 0 saturated heterocycles. The number of carboxylic acids is 1. The van der Waals surface area contributed by atoms with Gasteiger partial charge in [0.2, 0.25) is 0 Å². The molecule has 0 aliphatic heterocycles. The number of hydrogen-bond donors (Lipinski definition) is 2. The van der Waals surface area contributed by atoms with Crippen molar-refractivity contribution < 1.29 is 9.90 Å². The van der Waals surface area contributed by atoms with E-state index in [4.69, 9.17) is 10.8 Å². The quantitative estimate of drug-likeness (QED) is 0.794. The van der Waals surface area contributed by atoms with Crippen molar-refractivity contribution in [3.05, 3.63) is 41.0 Å². The Morgan fingerprint density at radius 3 is 2.38 bits per heavy atom. The third kappa shape index (κ3) is 4.47. The molecule has 1 aromatic rings. The van der Waals surface area contributed by atoms with E-state index in [0.29, 0.717) is 12.1 Å². The van der Waals surface area contributed by atoms with Gasteiger partial charge in [0.25, 0.3) is 0 Å². The van der Waals surface area contributed by atoms with Crippen molar-refractivity contribution >= 4 is 24.5 Å². The molecule has 4 heteroatoms. The Balaban J connectivity index is 0.00000225. The molecule has 1 aromatic carbocycles. The highest BCUT2D eigenvalue weighted by Crippen LogP contribution is 2.09. The molecule has 0 unspecified atom stereocenters. The van der Waals surface area contributed by atoms with Gasteiger partial charge in [-0.3, -0.25) is 0 Å². The minimum atomic E-state index is -0.888. The molecule has 3 N–H and O–H groups in total. The molecule has 0 amide bonds. The van der Waals surface area contributed by atoms with E-state index >= 15 is 0 Å². The molecule has 16 heavy (non-hydrogen) atoms. The highest BCUT2D eigenvalue weighted by Gasteiger charge is 1.99. The molecule has 0 fully saturated rings. The molecule has 0 saturated carbocycles. The van der Waals surface area contributed by atoms with Crippen LogP contribution in [0.25, 0.3) is 6.08 Å². The van der Waals surface area contributed by atoms with E-state index in [9.17, 15) is 4.79 Å². The number of carboxylic acid groups (broad SMARTS) is 1. The Bertz CT molecular complexity index is 371. The van der Waals surface area contributed by atoms with Crippen molar-refractivity contribution in [1.29, 1.82) is 0 Å². The number of rotatable bonds is 4. The molecule has 0 aliphatic carbocycles. The second kappa shape index (κ2) is 7.04. The molecule has 0 bridgehead atoms. The van der Waals surface area contributed by atoms with Gasteiger partial charge in [-0.15, -0.1) is 12.4 Å². The Labute approximate surface area is 101 Å². The summed E-state index contributed by atoms with van der Waals surface area (Å²) in [6.07, 6.45) is 2.50. The van der Waals surface area contributed by atoms with Crippen LogP contribution in [-0.4, -0.2) is 17.6 Å². The number of aliphatic carboxylic acids is 1. The maximum atomic E-state index is 10.6. The molecule has 0 spiro atoms. The first kappa shape index (κ1) is 14.7. The van der Waals surface area contributed by atoms with Crippen LogP contribution in [0.15, 0.2) is 29.8 Å². The van der Waals surface area contributed by atoms with Gasteiger partial charge in [-0.05, 0) is 37.1 Å². The molecule has 0 atom stereocenters. The number of carbonyl (C=O) groups is 1. The van der Waals surface area contributed by atoms with Crippen LogP contribution in [0.3, 0.4) is 0 Å². The molecular weight excluding hydrogens is 226 g/mol. The first-order valence-corrected chi connectivity index (χ1v) is 4.84. The van der Waals surface area contributed by atoms with Crippen LogP contribution in [0.1, 0.15) is 18.1 Å². The van der Waals surface area contributed by atoms with Crippen LogP contribution < -0.4 is 5.73 Å². The summed E-state index contributed by atoms with van der Waals surface area (Å²) < 4.78 is 0. The molecule has 0 radical (unpaired) electrons. The van der Waals surface area contributed by atoms with Gasteiger partial charge in [0.05, 0.1) is 0 Å². The van der Waals surface area contributed by atoms with Crippen LogP contribution in [0, 0.1) is 0 Å². The maximum absolute atomic E-state index is 10.6. The third-order valence-corrected chi connectivity index (χ3v) is 2.13. The zero-order chi connectivity index (χ0) is 11.3. The normalized spacial score (nSPS) is 10.8. The first-order valence-electron chi connectivity index (χ1n) is 4.84. The van der Waals surface area contributed by atoms with Crippen molar-refractivity contribution in [2.75, 3.05) is 6.54 Å². The summed E-state index contributed by atoms with van der Waals surface area (Å²) in [6, 6.07) is 7.73. The number of halogens is 1. The fourth-order valence-corrected chi connectivity index (χ4v) is 1.26. The van der Waals surface area contributed by atoms with Gasteiger partial charge in [-0.25, -0.2) is 4.79 Å². The van der Waals surface area contributed by atoms with Crippen LogP contribution in [0.5, 0.6) is 0 Å². The Kier molecular flexibility index (Phi) is 6.46. The fraction of sp³-hybridized carbons (Fsp3) is 0.250. The van der Waals surface area contributed by atoms with Crippen LogP contribution in [-0.2, 0) is 11.2 Å². The van der Waals surface area contributed by atoms with Crippen molar-refractivity contribution in [2.24, 2.45) is 5.73 Å². The number of nitrogens with two attached hydrogens (primary N) is 1. The highest BCUT2D eigenvalue weighted by atomic mass is 35.5. The predicted molar refractivity (Wildman–Crippen MR) is 67.7 cm³/mol. The van der Waals surface area contributed by atoms with Crippen LogP contribution in [0.2, 0.25) is 0 Å². The number of benzene rings is 1. The Hall–Kier alpha value is -1.32.